The normalized spacial score (nSPS) is 17.3. The average Bonchev–Trinajstić information content (AvgIpc) is 2.52. The summed E-state index contributed by atoms with van der Waals surface area (Å²) in [7, 11) is 1.49. The molecule has 3 N–H and O–H groups in total. The molecule has 2 rings (SSSR count). The number of methoxy groups -OCH3 is 1. The zero-order valence-corrected chi connectivity index (χ0v) is 12.6. The molecule has 1 aliphatic rings. The zero-order valence-electron chi connectivity index (χ0n) is 12.6. The fraction of sp³-hybridized carbons (Fsp3) is 0.375. The first-order valence-electron chi connectivity index (χ1n) is 7.26. The second-order valence-electron chi connectivity index (χ2n) is 5.45. The number of hydrogen-bond acceptors (Lipinski definition) is 4. The third-order valence-corrected chi connectivity index (χ3v) is 3.99. The first kappa shape index (κ1) is 16.0. The molecule has 0 aromatic heterocycles. The number of quaternary nitrogens is 1. The molecule has 1 aromatic carbocycles. The van der Waals surface area contributed by atoms with Crippen LogP contribution in [0.3, 0.4) is 0 Å². The summed E-state index contributed by atoms with van der Waals surface area (Å²) < 4.78 is 4.73. The minimum Gasteiger partial charge on any atom is -0.508 e. The minimum atomic E-state index is -0.608. The van der Waals surface area contributed by atoms with Crippen molar-refractivity contribution in [3.8, 4) is 11.5 Å². The third kappa shape index (κ3) is 3.28. The summed E-state index contributed by atoms with van der Waals surface area (Å²) in [5.41, 5.74) is 6.08. The number of amides is 3. The number of phenols is 1. The maximum atomic E-state index is 12.5. The van der Waals surface area contributed by atoms with Gasteiger partial charge in [0.25, 0.3) is 0 Å². The molecule has 0 saturated carbocycles. The van der Waals surface area contributed by atoms with Crippen molar-refractivity contribution in [3.05, 3.63) is 29.8 Å². The highest BCUT2D eigenvalue weighted by Gasteiger charge is 2.42. The van der Waals surface area contributed by atoms with E-state index >= 15 is 0 Å². The van der Waals surface area contributed by atoms with E-state index in [9.17, 15) is 14.7 Å². The zero-order chi connectivity index (χ0) is 16.2. The molecule has 22 heavy (non-hydrogen) atoms. The number of phenolic OH excluding ortho intramolecular Hbond substituents is 1. The van der Waals surface area contributed by atoms with Gasteiger partial charge in [0, 0.05) is 12.1 Å². The van der Waals surface area contributed by atoms with Crippen molar-refractivity contribution in [3.63, 3.8) is 0 Å². The Morgan fingerprint density at radius 3 is 2.50 bits per heavy atom. The molecule has 1 fully saturated rings. The minimum absolute atomic E-state index is 0.0446. The molecule has 0 spiro atoms. The van der Waals surface area contributed by atoms with Gasteiger partial charge >= 0.3 is 11.9 Å². The molecule has 0 unspecified atom stereocenters. The van der Waals surface area contributed by atoms with E-state index in [1.54, 1.807) is 12.1 Å². The van der Waals surface area contributed by atoms with Gasteiger partial charge in [0.1, 0.15) is 11.5 Å². The molecule has 1 aromatic rings. The van der Waals surface area contributed by atoms with Gasteiger partial charge in [-0.15, -0.1) is 0 Å². The second kappa shape index (κ2) is 6.62. The summed E-state index contributed by atoms with van der Waals surface area (Å²) in [6, 6.07) is 4.06. The van der Waals surface area contributed by atoms with Crippen molar-refractivity contribution in [1.82, 2.24) is 0 Å². The number of urea groups is 1. The van der Waals surface area contributed by atoms with Crippen molar-refractivity contribution in [2.24, 2.45) is 5.73 Å². The van der Waals surface area contributed by atoms with Crippen LogP contribution in [-0.2, 0) is 4.79 Å². The van der Waals surface area contributed by atoms with E-state index in [1.165, 1.54) is 25.3 Å². The fourth-order valence-electron chi connectivity index (χ4n) is 2.73. The van der Waals surface area contributed by atoms with Crippen LogP contribution in [0, 0.1) is 0 Å². The van der Waals surface area contributed by atoms with Crippen LogP contribution in [0.1, 0.15) is 24.8 Å². The fourth-order valence-corrected chi connectivity index (χ4v) is 2.73. The summed E-state index contributed by atoms with van der Waals surface area (Å²) in [5, 5.41) is 9.60. The number of likely N-dealkylation sites (tertiary alicyclic amines) is 1. The number of carbonyl (C=O) groups is 2. The van der Waals surface area contributed by atoms with E-state index in [0.717, 1.165) is 19.3 Å². The SMILES string of the molecule is COc1cc(O)cc(C=CC(=O)[N+]2(C(N)=O)CCCCC2)c1. The number of nitrogens with two attached hydrogens (primary N) is 1. The van der Waals surface area contributed by atoms with Gasteiger partial charge in [-0.25, -0.2) is 9.59 Å². The number of ether oxygens (including phenoxy) is 1. The lowest BCUT2D eigenvalue weighted by Crippen LogP contribution is -2.61. The Kier molecular flexibility index (Phi) is 4.82. The van der Waals surface area contributed by atoms with Crippen molar-refractivity contribution in [2.45, 2.75) is 19.3 Å². The van der Waals surface area contributed by atoms with Crippen LogP contribution in [0.25, 0.3) is 6.08 Å². The van der Waals surface area contributed by atoms with Crippen LogP contribution in [-0.4, -0.2) is 41.7 Å². The van der Waals surface area contributed by atoms with E-state index < -0.39 is 6.03 Å². The number of primary amides is 1. The lowest BCUT2D eigenvalue weighted by molar-refractivity contribution is -0.776. The first-order chi connectivity index (χ1) is 10.5. The third-order valence-electron chi connectivity index (χ3n) is 3.99. The van der Waals surface area contributed by atoms with E-state index in [2.05, 4.69) is 0 Å². The molecule has 6 nitrogen and oxygen atoms in total. The van der Waals surface area contributed by atoms with Gasteiger partial charge in [-0.2, -0.15) is 4.48 Å². The van der Waals surface area contributed by atoms with Gasteiger partial charge in [-0.3, -0.25) is 0 Å². The van der Waals surface area contributed by atoms with E-state index in [-0.39, 0.29) is 16.1 Å². The van der Waals surface area contributed by atoms with Gasteiger partial charge < -0.3 is 15.6 Å². The van der Waals surface area contributed by atoms with Crippen LogP contribution >= 0.6 is 0 Å². The van der Waals surface area contributed by atoms with E-state index in [0.29, 0.717) is 24.4 Å². The molecule has 0 bridgehead atoms. The summed E-state index contributed by atoms with van der Waals surface area (Å²) in [6.07, 6.45) is 5.53. The molecule has 1 aliphatic heterocycles. The standard InChI is InChI=1S/C16H20N2O4/c1-22-14-10-12(9-13(19)11-14)5-6-15(20)18(16(17)21)7-3-2-4-8-18/h5-6,9-11H,2-4,7-8H2,1H3,(H2-,17,19,21)/p+1. The molecule has 1 saturated heterocycles. The number of rotatable bonds is 3. The van der Waals surface area contributed by atoms with Gasteiger partial charge in [0.05, 0.1) is 20.2 Å². The van der Waals surface area contributed by atoms with Crippen molar-refractivity contribution < 1.29 is 23.9 Å². The average molecular weight is 305 g/mol. The smallest absolute Gasteiger partial charge is 0.421 e. The predicted octanol–water partition coefficient (Wildman–Crippen LogP) is 2.02. The Morgan fingerprint density at radius 2 is 1.91 bits per heavy atom. The Labute approximate surface area is 129 Å². The van der Waals surface area contributed by atoms with Crippen molar-refractivity contribution in [2.75, 3.05) is 20.2 Å². The molecule has 6 heteroatoms. The van der Waals surface area contributed by atoms with Crippen LogP contribution in [0.5, 0.6) is 11.5 Å². The summed E-state index contributed by atoms with van der Waals surface area (Å²) in [4.78, 5) is 24.2. The van der Waals surface area contributed by atoms with Crippen LogP contribution in [0.15, 0.2) is 24.3 Å². The molecular formula is C16H21N2O4+. The molecule has 0 aliphatic carbocycles. The van der Waals surface area contributed by atoms with Gasteiger partial charge in [-0.05, 0) is 43.0 Å². The molecule has 3 amide bonds. The number of imide groups is 1. The van der Waals surface area contributed by atoms with Crippen LogP contribution in [0.4, 0.5) is 4.79 Å². The number of nitrogens with zero attached hydrogens (tertiary/aromatic N) is 1. The summed E-state index contributed by atoms with van der Waals surface area (Å²) in [5.74, 6) is 0.210. The number of benzene rings is 1. The summed E-state index contributed by atoms with van der Waals surface area (Å²) >= 11 is 0. The summed E-state index contributed by atoms with van der Waals surface area (Å²) in [6.45, 7) is 0.893. The Hall–Kier alpha value is -2.34. The van der Waals surface area contributed by atoms with Crippen molar-refractivity contribution in [1.29, 1.82) is 0 Å². The van der Waals surface area contributed by atoms with Gasteiger partial charge in [0.2, 0.25) is 0 Å². The van der Waals surface area contributed by atoms with Gasteiger partial charge in [-0.1, -0.05) is 0 Å². The topological polar surface area (TPSA) is 89.6 Å². The number of aromatic hydroxyl groups is 1. The molecule has 118 valence electrons. The second-order valence-corrected chi connectivity index (χ2v) is 5.45. The first-order valence-corrected chi connectivity index (χ1v) is 7.26. The predicted molar refractivity (Wildman–Crippen MR) is 82.1 cm³/mol. The Balaban J connectivity index is 2.22. The highest BCUT2D eigenvalue weighted by atomic mass is 16.5. The number of carbonyl (C=O) groups excluding carboxylic acids is 2. The van der Waals surface area contributed by atoms with Crippen LogP contribution < -0.4 is 10.5 Å². The molecule has 0 atom stereocenters. The van der Waals surface area contributed by atoms with Gasteiger partial charge in [0.15, 0.2) is 0 Å². The molecular weight excluding hydrogens is 284 g/mol. The van der Waals surface area contributed by atoms with Crippen LogP contribution in [0.2, 0.25) is 0 Å². The van der Waals surface area contributed by atoms with E-state index in [1.807, 2.05) is 0 Å². The lowest BCUT2D eigenvalue weighted by Gasteiger charge is -2.33. The number of hydrogen-bond donors (Lipinski definition) is 2. The molecule has 1 heterocycles. The Bertz CT molecular complexity index is 604. The lowest BCUT2D eigenvalue weighted by atomic mass is 10.1. The quantitative estimate of drug-likeness (QED) is 0.660. The highest BCUT2D eigenvalue weighted by molar-refractivity contribution is 5.93. The molecule has 0 radical (unpaired) electrons. The maximum absolute atomic E-state index is 12.5. The number of piperidine rings is 1. The van der Waals surface area contributed by atoms with Crippen molar-refractivity contribution >= 4 is 18.0 Å². The maximum Gasteiger partial charge on any atom is 0.421 e. The monoisotopic (exact) mass is 305 g/mol. The van der Waals surface area contributed by atoms with E-state index in [4.69, 9.17) is 10.5 Å². The highest BCUT2D eigenvalue weighted by Crippen LogP contribution is 2.23. The largest absolute Gasteiger partial charge is 0.508 e. The Morgan fingerprint density at radius 1 is 1.23 bits per heavy atom.